The summed E-state index contributed by atoms with van der Waals surface area (Å²) in [5.41, 5.74) is -0.230. The molecule has 1 aliphatic rings. The summed E-state index contributed by atoms with van der Waals surface area (Å²) >= 11 is 0. The van der Waals surface area contributed by atoms with Crippen molar-refractivity contribution in [3.8, 4) is 11.8 Å². The van der Waals surface area contributed by atoms with Crippen molar-refractivity contribution in [2.24, 2.45) is 0 Å². The van der Waals surface area contributed by atoms with E-state index in [4.69, 9.17) is 8.92 Å². The molecule has 0 saturated carbocycles. The van der Waals surface area contributed by atoms with E-state index in [-0.39, 0.29) is 30.3 Å². The highest BCUT2D eigenvalue weighted by Crippen LogP contribution is 2.19. The number of carbonyl (C=O) groups is 1. The minimum Gasteiger partial charge on any atom is -0.442 e. The molecule has 128 valence electrons. The lowest BCUT2D eigenvalue weighted by Crippen LogP contribution is -2.27. The summed E-state index contributed by atoms with van der Waals surface area (Å²) in [4.78, 5) is 22.6. The molecule has 1 amide bonds. The van der Waals surface area contributed by atoms with Gasteiger partial charge in [0.25, 0.3) is 15.8 Å². The molecule has 1 aromatic rings. The number of hydrogen-bond donors (Lipinski definition) is 0. The first-order chi connectivity index (χ1) is 11.3. The van der Waals surface area contributed by atoms with Crippen LogP contribution in [-0.2, 0) is 19.0 Å². The maximum atomic E-state index is 12.0. The number of amides is 1. The molecule has 1 saturated heterocycles. The Morgan fingerprint density at radius 1 is 1.42 bits per heavy atom. The Bertz CT molecular complexity index is 793. The number of benzene rings is 1. The number of cyclic esters (lactones) is 1. The third-order valence-corrected chi connectivity index (χ3v) is 4.44. The third kappa shape index (κ3) is 4.21. The van der Waals surface area contributed by atoms with E-state index in [9.17, 15) is 23.3 Å². The average Bonchev–Trinajstić information content (AvgIpc) is 2.91. The lowest BCUT2D eigenvalue weighted by atomic mass is 10.3. The van der Waals surface area contributed by atoms with Gasteiger partial charge in [-0.15, -0.1) is 5.92 Å². The van der Waals surface area contributed by atoms with Crippen LogP contribution in [0, 0.1) is 22.0 Å². The van der Waals surface area contributed by atoms with Crippen LogP contribution in [-0.4, -0.2) is 50.1 Å². The van der Waals surface area contributed by atoms with E-state index in [1.165, 1.54) is 4.90 Å². The fourth-order valence-electron chi connectivity index (χ4n) is 1.93. The van der Waals surface area contributed by atoms with Crippen molar-refractivity contribution in [3.63, 3.8) is 0 Å². The molecule has 10 heteroatoms. The SMILES string of the molecule is CC#CCN1CC(COS(=O)(=O)c2ccc([N+](=O)[O-])cc2)OC1=O. The number of ether oxygens (including phenoxy) is 1. The van der Waals surface area contributed by atoms with Gasteiger partial charge in [0.05, 0.1) is 22.9 Å². The first-order valence-corrected chi connectivity index (χ1v) is 8.23. The van der Waals surface area contributed by atoms with E-state index >= 15 is 0 Å². The van der Waals surface area contributed by atoms with Gasteiger partial charge in [-0.05, 0) is 19.1 Å². The smallest absolute Gasteiger partial charge is 0.411 e. The maximum absolute atomic E-state index is 12.0. The molecule has 2 rings (SSSR count). The highest BCUT2D eigenvalue weighted by molar-refractivity contribution is 7.86. The highest BCUT2D eigenvalue weighted by Gasteiger charge is 2.32. The standard InChI is InChI=1S/C14H14N2O7S/c1-2-3-8-15-9-12(23-14(15)17)10-22-24(20,21)13-6-4-11(5-7-13)16(18)19/h4-7,12H,8-10H2,1H3. The topological polar surface area (TPSA) is 116 Å². The summed E-state index contributed by atoms with van der Waals surface area (Å²) in [5, 5.41) is 10.6. The minimum absolute atomic E-state index is 0.170. The zero-order chi connectivity index (χ0) is 17.7. The van der Waals surface area contributed by atoms with E-state index in [1.807, 2.05) is 0 Å². The van der Waals surface area contributed by atoms with Crippen LogP contribution in [0.4, 0.5) is 10.5 Å². The van der Waals surface area contributed by atoms with Crippen molar-refractivity contribution in [3.05, 3.63) is 34.4 Å². The molecule has 0 aromatic heterocycles. The van der Waals surface area contributed by atoms with Crippen molar-refractivity contribution in [1.29, 1.82) is 0 Å². The minimum atomic E-state index is -4.10. The number of non-ortho nitro benzene ring substituents is 1. The molecule has 1 aromatic carbocycles. The van der Waals surface area contributed by atoms with Crippen molar-refractivity contribution >= 4 is 21.9 Å². The predicted molar refractivity (Wildman–Crippen MR) is 81.5 cm³/mol. The summed E-state index contributed by atoms with van der Waals surface area (Å²) in [6.07, 6.45) is -1.32. The Labute approximate surface area is 138 Å². The van der Waals surface area contributed by atoms with Crippen LogP contribution >= 0.6 is 0 Å². The molecular weight excluding hydrogens is 340 g/mol. The molecule has 0 N–H and O–H groups in total. The molecule has 1 fully saturated rings. The zero-order valence-corrected chi connectivity index (χ0v) is 13.5. The van der Waals surface area contributed by atoms with Crippen LogP contribution in [0.1, 0.15) is 6.92 Å². The second-order valence-corrected chi connectivity index (χ2v) is 6.42. The summed E-state index contributed by atoms with van der Waals surface area (Å²) in [5.74, 6) is 5.36. The van der Waals surface area contributed by atoms with Crippen LogP contribution in [0.15, 0.2) is 29.2 Å². The predicted octanol–water partition coefficient (Wildman–Crippen LogP) is 1.14. The van der Waals surface area contributed by atoms with Crippen molar-refractivity contribution < 1.29 is 27.1 Å². The molecule has 0 bridgehead atoms. The summed E-state index contributed by atoms with van der Waals surface area (Å²) < 4.78 is 33.9. The molecule has 0 spiro atoms. The fraction of sp³-hybridized carbons (Fsp3) is 0.357. The van der Waals surface area contributed by atoms with E-state index in [0.29, 0.717) is 0 Å². The first-order valence-electron chi connectivity index (χ1n) is 6.82. The van der Waals surface area contributed by atoms with Crippen LogP contribution < -0.4 is 0 Å². The van der Waals surface area contributed by atoms with Gasteiger partial charge in [0, 0.05) is 12.1 Å². The van der Waals surface area contributed by atoms with Gasteiger partial charge in [0.2, 0.25) is 0 Å². The number of rotatable bonds is 6. The molecule has 1 atom stereocenters. The maximum Gasteiger partial charge on any atom is 0.411 e. The van der Waals surface area contributed by atoms with Crippen molar-refractivity contribution in [2.45, 2.75) is 17.9 Å². The van der Waals surface area contributed by atoms with Crippen LogP contribution in [0.5, 0.6) is 0 Å². The molecular formula is C14H14N2O7S. The van der Waals surface area contributed by atoms with Gasteiger partial charge in [-0.25, -0.2) is 4.79 Å². The van der Waals surface area contributed by atoms with Gasteiger partial charge in [-0.1, -0.05) is 5.92 Å². The number of nitro groups is 1. The molecule has 0 radical (unpaired) electrons. The molecule has 0 aliphatic carbocycles. The highest BCUT2D eigenvalue weighted by atomic mass is 32.2. The Kier molecular flexibility index (Phi) is 5.38. The lowest BCUT2D eigenvalue weighted by molar-refractivity contribution is -0.384. The van der Waals surface area contributed by atoms with Crippen LogP contribution in [0.3, 0.4) is 0 Å². The first kappa shape index (κ1) is 17.7. The number of nitro benzene ring substituents is 1. The van der Waals surface area contributed by atoms with Crippen molar-refractivity contribution in [2.75, 3.05) is 19.7 Å². The van der Waals surface area contributed by atoms with Gasteiger partial charge < -0.3 is 4.74 Å². The second-order valence-electron chi connectivity index (χ2n) is 4.80. The van der Waals surface area contributed by atoms with E-state index in [2.05, 4.69) is 11.8 Å². The summed E-state index contributed by atoms with van der Waals surface area (Å²) in [6.45, 7) is 1.66. The molecule has 1 aliphatic heterocycles. The molecule has 1 unspecified atom stereocenters. The Balaban J connectivity index is 1.96. The number of hydrogen-bond acceptors (Lipinski definition) is 7. The number of nitrogens with zero attached hydrogens (tertiary/aromatic N) is 2. The molecule has 1 heterocycles. The summed E-state index contributed by atoms with van der Waals surface area (Å²) in [6, 6.07) is 4.29. The fourth-order valence-corrected chi connectivity index (χ4v) is 2.87. The van der Waals surface area contributed by atoms with Gasteiger partial charge in [0.1, 0.15) is 12.7 Å². The van der Waals surface area contributed by atoms with Gasteiger partial charge in [-0.3, -0.25) is 19.2 Å². The Hall–Kier alpha value is -2.64. The van der Waals surface area contributed by atoms with E-state index in [1.54, 1.807) is 6.92 Å². The monoisotopic (exact) mass is 354 g/mol. The second kappa shape index (κ2) is 7.29. The van der Waals surface area contributed by atoms with Gasteiger partial charge in [-0.2, -0.15) is 8.42 Å². The quantitative estimate of drug-likeness (QED) is 0.325. The zero-order valence-electron chi connectivity index (χ0n) is 12.7. The summed E-state index contributed by atoms with van der Waals surface area (Å²) in [7, 11) is -4.10. The normalized spacial score (nSPS) is 17.1. The van der Waals surface area contributed by atoms with Crippen LogP contribution in [0.2, 0.25) is 0 Å². The molecule has 9 nitrogen and oxygen atoms in total. The number of carbonyl (C=O) groups excluding carboxylic acids is 1. The van der Waals surface area contributed by atoms with E-state index in [0.717, 1.165) is 24.3 Å². The van der Waals surface area contributed by atoms with E-state index < -0.39 is 27.2 Å². The van der Waals surface area contributed by atoms with Gasteiger partial charge >= 0.3 is 6.09 Å². The van der Waals surface area contributed by atoms with Gasteiger partial charge in [0.15, 0.2) is 0 Å². The third-order valence-electron chi connectivity index (χ3n) is 3.14. The Morgan fingerprint density at radius 2 is 2.08 bits per heavy atom. The van der Waals surface area contributed by atoms with Crippen molar-refractivity contribution in [1.82, 2.24) is 4.90 Å². The average molecular weight is 354 g/mol. The largest absolute Gasteiger partial charge is 0.442 e. The van der Waals surface area contributed by atoms with Crippen LogP contribution in [0.25, 0.3) is 0 Å². The lowest BCUT2D eigenvalue weighted by Gasteiger charge is -2.10. The Morgan fingerprint density at radius 3 is 2.67 bits per heavy atom. The molecule has 24 heavy (non-hydrogen) atoms.